The summed E-state index contributed by atoms with van der Waals surface area (Å²) in [6.07, 6.45) is 2.85. The van der Waals surface area contributed by atoms with Crippen molar-refractivity contribution in [1.82, 2.24) is 9.88 Å². The molecule has 3 nitrogen and oxygen atoms in total. The summed E-state index contributed by atoms with van der Waals surface area (Å²) in [5, 5.41) is 0. The summed E-state index contributed by atoms with van der Waals surface area (Å²) in [6, 6.07) is 1.18. The molecule has 0 aliphatic rings. The molecule has 0 aliphatic carbocycles. The van der Waals surface area contributed by atoms with Crippen molar-refractivity contribution in [1.29, 1.82) is 0 Å². The maximum Gasteiger partial charge on any atom is 0.256 e. The molecule has 1 amide bonds. The molecule has 0 saturated carbocycles. The average Bonchev–Trinajstić information content (AvgIpc) is 2.28. The van der Waals surface area contributed by atoms with Gasteiger partial charge < -0.3 is 4.90 Å². The maximum atomic E-state index is 13.2. The number of unbranched alkanes of at least 4 members (excludes halogenated alkanes) is 1. The number of hydrogen-bond donors (Lipinski definition) is 0. The van der Waals surface area contributed by atoms with Gasteiger partial charge in [0.15, 0.2) is 5.82 Å². The van der Waals surface area contributed by atoms with Gasteiger partial charge in [0.2, 0.25) is 5.95 Å². The first-order chi connectivity index (χ1) is 7.57. The second-order valence-corrected chi connectivity index (χ2v) is 3.54. The Labute approximate surface area is 93.1 Å². The summed E-state index contributed by atoms with van der Waals surface area (Å²) in [4.78, 5) is 16.2. The molecule has 0 unspecified atom stereocenters. The predicted octanol–water partition coefficient (Wildman–Crippen LogP) is 2.23. The summed E-state index contributed by atoms with van der Waals surface area (Å²) >= 11 is 0. The molecule has 1 aromatic rings. The van der Waals surface area contributed by atoms with E-state index in [9.17, 15) is 13.6 Å². The van der Waals surface area contributed by atoms with E-state index in [1.807, 2.05) is 6.92 Å². The van der Waals surface area contributed by atoms with Crippen molar-refractivity contribution in [3.05, 3.63) is 29.6 Å². The third-order valence-electron chi connectivity index (χ3n) is 2.27. The van der Waals surface area contributed by atoms with Crippen LogP contribution in [0.5, 0.6) is 0 Å². The van der Waals surface area contributed by atoms with Gasteiger partial charge in [0.1, 0.15) is 0 Å². The van der Waals surface area contributed by atoms with Crippen molar-refractivity contribution in [2.24, 2.45) is 0 Å². The second-order valence-electron chi connectivity index (χ2n) is 3.54. The zero-order chi connectivity index (χ0) is 12.1. The van der Waals surface area contributed by atoms with Gasteiger partial charge in [0, 0.05) is 19.8 Å². The van der Waals surface area contributed by atoms with Gasteiger partial charge in [-0.1, -0.05) is 13.3 Å². The largest absolute Gasteiger partial charge is 0.342 e. The Morgan fingerprint density at radius 3 is 2.81 bits per heavy atom. The lowest BCUT2D eigenvalue weighted by Crippen LogP contribution is -2.28. The van der Waals surface area contributed by atoms with Crippen molar-refractivity contribution < 1.29 is 13.6 Å². The fraction of sp³-hybridized carbons (Fsp3) is 0.455. The van der Waals surface area contributed by atoms with Crippen molar-refractivity contribution in [2.75, 3.05) is 13.6 Å². The smallest absolute Gasteiger partial charge is 0.256 e. The minimum absolute atomic E-state index is 0.272. The molecule has 0 saturated heterocycles. The zero-order valence-electron chi connectivity index (χ0n) is 9.33. The van der Waals surface area contributed by atoms with Gasteiger partial charge in [0.05, 0.1) is 5.56 Å². The molecule has 88 valence electrons. The van der Waals surface area contributed by atoms with E-state index in [2.05, 4.69) is 4.98 Å². The summed E-state index contributed by atoms with van der Waals surface area (Å²) in [5.41, 5.74) is -0.272. The molecule has 0 aromatic carbocycles. The highest BCUT2D eigenvalue weighted by Crippen LogP contribution is 2.11. The van der Waals surface area contributed by atoms with Gasteiger partial charge in [-0.25, -0.2) is 9.37 Å². The Bertz CT molecular complexity index is 382. The van der Waals surface area contributed by atoms with Crippen LogP contribution in [0.25, 0.3) is 0 Å². The van der Waals surface area contributed by atoms with E-state index < -0.39 is 17.7 Å². The number of nitrogens with zero attached hydrogens (tertiary/aromatic N) is 2. The molecular weight excluding hydrogens is 214 g/mol. The Morgan fingerprint density at radius 1 is 1.50 bits per heavy atom. The van der Waals surface area contributed by atoms with Crippen LogP contribution in [0.2, 0.25) is 0 Å². The first kappa shape index (κ1) is 12.5. The zero-order valence-corrected chi connectivity index (χ0v) is 9.33. The molecule has 1 aromatic heterocycles. The van der Waals surface area contributed by atoms with Crippen LogP contribution in [0, 0.1) is 11.8 Å². The van der Waals surface area contributed by atoms with Crippen LogP contribution in [-0.2, 0) is 0 Å². The molecule has 0 atom stereocenters. The van der Waals surface area contributed by atoms with Gasteiger partial charge in [-0.15, -0.1) is 0 Å². The fourth-order valence-electron chi connectivity index (χ4n) is 1.29. The van der Waals surface area contributed by atoms with Gasteiger partial charge in [-0.05, 0) is 12.5 Å². The molecule has 16 heavy (non-hydrogen) atoms. The van der Waals surface area contributed by atoms with Gasteiger partial charge in [0.25, 0.3) is 5.91 Å². The molecule has 1 rings (SSSR count). The van der Waals surface area contributed by atoms with Gasteiger partial charge in [-0.2, -0.15) is 4.39 Å². The number of halogens is 2. The van der Waals surface area contributed by atoms with Crippen LogP contribution in [0.3, 0.4) is 0 Å². The molecule has 0 fully saturated rings. The standard InChI is InChI=1S/C11H14F2N2O/c1-3-4-7-15(2)11(16)8-5-6-14-10(13)9(8)12/h5-6H,3-4,7H2,1-2H3. The lowest BCUT2D eigenvalue weighted by Gasteiger charge is -2.16. The molecule has 0 N–H and O–H groups in total. The Kier molecular flexibility index (Phi) is 4.34. The molecular formula is C11H14F2N2O. The molecule has 5 heteroatoms. The molecule has 0 bridgehead atoms. The number of carbonyl (C=O) groups is 1. The minimum atomic E-state index is -1.24. The molecule has 0 spiro atoms. The summed E-state index contributed by atoms with van der Waals surface area (Å²) < 4.78 is 26.0. The van der Waals surface area contributed by atoms with Gasteiger partial charge in [-0.3, -0.25) is 4.79 Å². The molecule has 0 radical (unpaired) electrons. The van der Waals surface area contributed by atoms with E-state index in [1.165, 1.54) is 11.0 Å². The van der Waals surface area contributed by atoms with E-state index in [4.69, 9.17) is 0 Å². The first-order valence-corrected chi connectivity index (χ1v) is 5.13. The van der Waals surface area contributed by atoms with Crippen LogP contribution >= 0.6 is 0 Å². The van der Waals surface area contributed by atoms with E-state index in [1.54, 1.807) is 7.05 Å². The first-order valence-electron chi connectivity index (χ1n) is 5.13. The second kappa shape index (κ2) is 5.53. The topological polar surface area (TPSA) is 33.2 Å². The van der Waals surface area contributed by atoms with Crippen LogP contribution < -0.4 is 0 Å². The van der Waals surface area contributed by atoms with Crippen LogP contribution in [0.1, 0.15) is 30.1 Å². The van der Waals surface area contributed by atoms with Crippen LogP contribution in [0.4, 0.5) is 8.78 Å². The fourth-order valence-corrected chi connectivity index (χ4v) is 1.29. The quantitative estimate of drug-likeness (QED) is 0.740. The lowest BCUT2D eigenvalue weighted by molar-refractivity contribution is 0.0787. The summed E-state index contributed by atoms with van der Waals surface area (Å²) in [5.74, 6) is -2.95. The Morgan fingerprint density at radius 2 is 2.19 bits per heavy atom. The molecule has 0 aliphatic heterocycles. The van der Waals surface area contributed by atoms with E-state index in [-0.39, 0.29) is 5.56 Å². The number of pyridine rings is 1. The number of carbonyl (C=O) groups excluding carboxylic acids is 1. The number of hydrogen-bond acceptors (Lipinski definition) is 2. The third kappa shape index (κ3) is 2.74. The van der Waals surface area contributed by atoms with E-state index >= 15 is 0 Å². The number of amides is 1. The predicted molar refractivity (Wildman–Crippen MR) is 56.0 cm³/mol. The van der Waals surface area contributed by atoms with E-state index in [0.29, 0.717) is 6.54 Å². The minimum Gasteiger partial charge on any atom is -0.342 e. The highest BCUT2D eigenvalue weighted by molar-refractivity contribution is 5.94. The van der Waals surface area contributed by atoms with Crippen LogP contribution in [0.15, 0.2) is 12.3 Å². The van der Waals surface area contributed by atoms with Gasteiger partial charge >= 0.3 is 0 Å². The lowest BCUT2D eigenvalue weighted by atomic mass is 10.2. The monoisotopic (exact) mass is 228 g/mol. The average molecular weight is 228 g/mol. The number of rotatable bonds is 4. The van der Waals surface area contributed by atoms with Crippen molar-refractivity contribution in [2.45, 2.75) is 19.8 Å². The van der Waals surface area contributed by atoms with Crippen molar-refractivity contribution >= 4 is 5.91 Å². The van der Waals surface area contributed by atoms with Crippen molar-refractivity contribution in [3.8, 4) is 0 Å². The third-order valence-corrected chi connectivity index (χ3v) is 2.27. The Balaban J connectivity index is 2.84. The van der Waals surface area contributed by atoms with E-state index in [0.717, 1.165) is 19.0 Å². The van der Waals surface area contributed by atoms with Crippen molar-refractivity contribution in [3.63, 3.8) is 0 Å². The summed E-state index contributed by atoms with van der Waals surface area (Å²) in [7, 11) is 1.57. The highest BCUT2D eigenvalue weighted by atomic mass is 19.2. The molecule has 1 heterocycles. The SMILES string of the molecule is CCCCN(C)C(=O)c1ccnc(F)c1F. The summed E-state index contributed by atoms with van der Waals surface area (Å²) in [6.45, 7) is 2.52. The number of aromatic nitrogens is 1. The Hall–Kier alpha value is -1.52. The highest BCUT2D eigenvalue weighted by Gasteiger charge is 2.18. The van der Waals surface area contributed by atoms with Crippen LogP contribution in [-0.4, -0.2) is 29.4 Å². The maximum absolute atomic E-state index is 13.2. The normalized spacial score (nSPS) is 10.2.